The summed E-state index contributed by atoms with van der Waals surface area (Å²) in [6.07, 6.45) is 2.61. The van der Waals surface area contributed by atoms with E-state index in [2.05, 4.69) is 5.32 Å². The monoisotopic (exact) mass is 262 g/mol. The Kier molecular flexibility index (Phi) is 4.52. The maximum Gasteiger partial charge on any atom is 0.313 e. The van der Waals surface area contributed by atoms with Crippen LogP contribution in [0.25, 0.3) is 0 Å². The van der Waals surface area contributed by atoms with Gasteiger partial charge >= 0.3 is 11.8 Å². The van der Waals surface area contributed by atoms with Gasteiger partial charge < -0.3 is 15.3 Å². The van der Waals surface area contributed by atoms with Gasteiger partial charge in [0.15, 0.2) is 0 Å². The van der Waals surface area contributed by atoms with E-state index in [1.54, 1.807) is 24.3 Å². The highest BCUT2D eigenvalue weighted by Crippen LogP contribution is 2.17. The molecule has 2 rings (SSSR count). The third kappa shape index (κ3) is 3.32. The predicted octanol–water partition coefficient (Wildman–Crippen LogP) is 0.998. The van der Waals surface area contributed by atoms with Crippen LogP contribution in [0.2, 0.25) is 0 Å². The number of nitrogens with zero attached hydrogens (tertiary/aromatic N) is 1. The third-order valence-electron chi connectivity index (χ3n) is 3.32. The van der Waals surface area contributed by atoms with Gasteiger partial charge in [0.1, 0.15) is 0 Å². The molecule has 1 aliphatic rings. The first-order valence-corrected chi connectivity index (χ1v) is 6.50. The number of carbonyl (C=O) groups is 2. The van der Waals surface area contributed by atoms with Crippen molar-refractivity contribution in [1.29, 1.82) is 0 Å². The van der Waals surface area contributed by atoms with Gasteiger partial charge in [0, 0.05) is 12.2 Å². The Morgan fingerprint density at radius 1 is 1.26 bits per heavy atom. The molecule has 0 spiro atoms. The Hall–Kier alpha value is -1.88. The van der Waals surface area contributed by atoms with Gasteiger partial charge in [-0.2, -0.15) is 0 Å². The van der Waals surface area contributed by atoms with E-state index in [-0.39, 0.29) is 12.6 Å². The van der Waals surface area contributed by atoms with Crippen molar-refractivity contribution in [3.05, 3.63) is 30.3 Å². The Labute approximate surface area is 112 Å². The van der Waals surface area contributed by atoms with Gasteiger partial charge in [0.05, 0.1) is 12.6 Å². The van der Waals surface area contributed by atoms with E-state index in [1.165, 1.54) is 4.90 Å². The zero-order chi connectivity index (χ0) is 13.7. The van der Waals surface area contributed by atoms with Crippen LogP contribution in [0.15, 0.2) is 30.3 Å². The van der Waals surface area contributed by atoms with Crippen LogP contribution in [-0.2, 0) is 9.59 Å². The number of nitrogens with one attached hydrogen (secondary N) is 1. The van der Waals surface area contributed by atoms with E-state index in [0.717, 1.165) is 19.3 Å². The first-order valence-electron chi connectivity index (χ1n) is 6.50. The molecular formula is C14H18N2O3. The molecule has 0 saturated carbocycles. The van der Waals surface area contributed by atoms with E-state index < -0.39 is 11.8 Å². The molecule has 0 aliphatic carbocycles. The molecule has 0 aromatic heterocycles. The zero-order valence-corrected chi connectivity index (χ0v) is 10.7. The first-order chi connectivity index (χ1) is 9.22. The van der Waals surface area contributed by atoms with Gasteiger partial charge in [-0.3, -0.25) is 9.59 Å². The summed E-state index contributed by atoms with van der Waals surface area (Å²) in [4.78, 5) is 25.4. The van der Waals surface area contributed by atoms with Crippen LogP contribution >= 0.6 is 0 Å². The second-order valence-corrected chi connectivity index (χ2v) is 4.65. The molecule has 2 N–H and O–H groups in total. The number of aliphatic hydroxyl groups is 1. The predicted molar refractivity (Wildman–Crippen MR) is 71.5 cm³/mol. The number of likely N-dealkylation sites (tertiary alicyclic amines) is 1. The normalized spacial score (nSPS) is 19.0. The first kappa shape index (κ1) is 13.5. The maximum atomic E-state index is 12.1. The zero-order valence-electron chi connectivity index (χ0n) is 10.7. The number of piperidine rings is 1. The van der Waals surface area contributed by atoms with Crippen LogP contribution in [0.5, 0.6) is 0 Å². The molecule has 5 nitrogen and oxygen atoms in total. The molecule has 5 heteroatoms. The molecule has 1 fully saturated rings. The van der Waals surface area contributed by atoms with Crippen molar-refractivity contribution < 1.29 is 14.7 Å². The molecule has 2 amide bonds. The van der Waals surface area contributed by atoms with Gasteiger partial charge in [0.2, 0.25) is 0 Å². The molecule has 102 valence electrons. The van der Waals surface area contributed by atoms with Crippen molar-refractivity contribution in [3.63, 3.8) is 0 Å². The van der Waals surface area contributed by atoms with Crippen molar-refractivity contribution in [2.24, 2.45) is 0 Å². The van der Waals surface area contributed by atoms with Crippen LogP contribution in [0.3, 0.4) is 0 Å². The van der Waals surface area contributed by atoms with Crippen LogP contribution in [0.1, 0.15) is 19.3 Å². The summed E-state index contributed by atoms with van der Waals surface area (Å²) in [7, 11) is 0. The van der Waals surface area contributed by atoms with Crippen LogP contribution in [0.4, 0.5) is 5.69 Å². The smallest absolute Gasteiger partial charge is 0.313 e. The van der Waals surface area contributed by atoms with Gasteiger partial charge in [-0.1, -0.05) is 18.2 Å². The largest absolute Gasteiger partial charge is 0.394 e. The number of benzene rings is 1. The lowest BCUT2D eigenvalue weighted by atomic mass is 10.0. The van der Waals surface area contributed by atoms with E-state index in [1.807, 2.05) is 6.07 Å². The van der Waals surface area contributed by atoms with Gasteiger partial charge in [-0.15, -0.1) is 0 Å². The fourth-order valence-electron chi connectivity index (χ4n) is 2.29. The second-order valence-electron chi connectivity index (χ2n) is 4.65. The van der Waals surface area contributed by atoms with E-state index in [9.17, 15) is 14.7 Å². The minimum Gasteiger partial charge on any atom is -0.394 e. The SMILES string of the molecule is O=C(Nc1ccccc1)C(=O)N1CCCCC1CO. The lowest BCUT2D eigenvalue weighted by molar-refractivity contribution is -0.146. The summed E-state index contributed by atoms with van der Waals surface area (Å²) in [6, 6.07) is 8.64. The lowest BCUT2D eigenvalue weighted by Crippen LogP contribution is -2.49. The van der Waals surface area contributed by atoms with Gasteiger partial charge in [-0.25, -0.2) is 0 Å². The number of aliphatic hydroxyl groups excluding tert-OH is 1. The molecule has 1 atom stereocenters. The van der Waals surface area contributed by atoms with Crippen LogP contribution in [0, 0.1) is 0 Å². The minimum atomic E-state index is -0.647. The fraction of sp³-hybridized carbons (Fsp3) is 0.429. The molecule has 19 heavy (non-hydrogen) atoms. The summed E-state index contributed by atoms with van der Waals surface area (Å²) < 4.78 is 0. The molecule has 1 aromatic carbocycles. The Balaban J connectivity index is 2.00. The van der Waals surface area contributed by atoms with E-state index in [0.29, 0.717) is 12.2 Å². The quantitative estimate of drug-likeness (QED) is 0.781. The van der Waals surface area contributed by atoms with E-state index >= 15 is 0 Å². The number of hydrogen-bond donors (Lipinski definition) is 2. The molecule has 1 saturated heterocycles. The van der Waals surface area contributed by atoms with Crippen molar-refractivity contribution in [3.8, 4) is 0 Å². The molecule has 0 bridgehead atoms. The molecule has 1 heterocycles. The second kappa shape index (κ2) is 6.33. The standard InChI is InChI=1S/C14H18N2O3/c17-10-12-8-4-5-9-16(12)14(19)13(18)15-11-6-2-1-3-7-11/h1-3,6-7,12,17H,4-5,8-10H2,(H,15,18). The number of rotatable bonds is 2. The average Bonchev–Trinajstić information content (AvgIpc) is 2.47. The molecule has 1 unspecified atom stereocenters. The van der Waals surface area contributed by atoms with Crippen molar-refractivity contribution >= 4 is 17.5 Å². The topological polar surface area (TPSA) is 69.6 Å². The summed E-state index contributed by atoms with van der Waals surface area (Å²) >= 11 is 0. The Bertz CT molecular complexity index is 447. The van der Waals surface area contributed by atoms with Crippen molar-refractivity contribution in [2.45, 2.75) is 25.3 Å². The number of anilines is 1. The van der Waals surface area contributed by atoms with Crippen LogP contribution in [-0.4, -0.2) is 41.0 Å². The number of hydrogen-bond acceptors (Lipinski definition) is 3. The van der Waals surface area contributed by atoms with Gasteiger partial charge in [-0.05, 0) is 31.4 Å². The highest BCUT2D eigenvalue weighted by Gasteiger charge is 2.30. The third-order valence-corrected chi connectivity index (χ3v) is 3.32. The van der Waals surface area contributed by atoms with Crippen LogP contribution < -0.4 is 5.32 Å². The molecule has 1 aromatic rings. The summed E-state index contributed by atoms with van der Waals surface area (Å²) in [5.41, 5.74) is 0.596. The highest BCUT2D eigenvalue weighted by atomic mass is 16.3. The van der Waals surface area contributed by atoms with Crippen molar-refractivity contribution in [2.75, 3.05) is 18.5 Å². The van der Waals surface area contributed by atoms with E-state index in [4.69, 9.17) is 0 Å². The van der Waals surface area contributed by atoms with Crippen molar-refractivity contribution in [1.82, 2.24) is 4.90 Å². The van der Waals surface area contributed by atoms with Gasteiger partial charge in [0.25, 0.3) is 0 Å². The molecule has 1 aliphatic heterocycles. The number of carbonyl (C=O) groups excluding carboxylic acids is 2. The number of amides is 2. The Morgan fingerprint density at radius 3 is 2.68 bits per heavy atom. The number of para-hydroxylation sites is 1. The average molecular weight is 262 g/mol. The summed E-state index contributed by atoms with van der Waals surface area (Å²) in [5.74, 6) is -1.21. The Morgan fingerprint density at radius 2 is 2.00 bits per heavy atom. The summed E-state index contributed by atoms with van der Waals surface area (Å²) in [5, 5.41) is 11.8. The highest BCUT2D eigenvalue weighted by molar-refractivity contribution is 6.39. The lowest BCUT2D eigenvalue weighted by Gasteiger charge is -2.33. The maximum absolute atomic E-state index is 12.1. The molecular weight excluding hydrogens is 244 g/mol. The fourth-order valence-corrected chi connectivity index (χ4v) is 2.29. The summed E-state index contributed by atoms with van der Waals surface area (Å²) in [6.45, 7) is 0.441. The molecule has 0 radical (unpaired) electrons. The minimum absolute atomic E-state index is 0.0929.